The second kappa shape index (κ2) is 11.8. The lowest BCUT2D eigenvalue weighted by Crippen LogP contribution is -2.44. The summed E-state index contributed by atoms with van der Waals surface area (Å²) in [6, 6.07) is 4.71. The summed E-state index contributed by atoms with van der Waals surface area (Å²) >= 11 is 6.59. The van der Waals surface area contributed by atoms with Gasteiger partial charge in [0.2, 0.25) is 0 Å². The zero-order valence-electron chi connectivity index (χ0n) is 20.3. The number of aryl methyl sites for hydroxylation is 1. The number of aliphatic hydroxyl groups is 1. The maximum Gasteiger partial charge on any atom is 0.251 e. The van der Waals surface area contributed by atoms with E-state index in [0.29, 0.717) is 41.1 Å². The van der Waals surface area contributed by atoms with Crippen molar-refractivity contribution >= 4 is 17.3 Å². The van der Waals surface area contributed by atoms with Crippen molar-refractivity contribution in [3.63, 3.8) is 0 Å². The van der Waals surface area contributed by atoms with E-state index in [0.717, 1.165) is 18.9 Å². The zero-order valence-corrected chi connectivity index (χ0v) is 21.0. The molecule has 0 aromatic heterocycles. The van der Waals surface area contributed by atoms with E-state index in [4.69, 9.17) is 11.6 Å². The zero-order chi connectivity index (χ0) is 25.5. The molecule has 0 aliphatic heterocycles. The number of alkyl halides is 2. The number of aliphatic hydroxyl groups excluding tert-OH is 1. The van der Waals surface area contributed by atoms with Gasteiger partial charge in [0.15, 0.2) is 5.88 Å². The van der Waals surface area contributed by atoms with Crippen LogP contribution in [-0.4, -0.2) is 22.9 Å². The molecular formula is C27H34ClF3N2O. The van der Waals surface area contributed by atoms with E-state index in [-0.39, 0.29) is 18.1 Å². The van der Waals surface area contributed by atoms with Crippen LogP contribution in [0.1, 0.15) is 64.0 Å². The third-order valence-corrected chi connectivity index (χ3v) is 6.67. The van der Waals surface area contributed by atoms with Gasteiger partial charge in [-0.25, -0.2) is 13.2 Å². The molecule has 1 aromatic rings. The predicted molar refractivity (Wildman–Crippen MR) is 135 cm³/mol. The Balaban J connectivity index is 2.30. The van der Waals surface area contributed by atoms with Gasteiger partial charge in [-0.1, -0.05) is 49.2 Å². The lowest BCUT2D eigenvalue weighted by Gasteiger charge is -2.45. The molecule has 0 radical (unpaired) electrons. The summed E-state index contributed by atoms with van der Waals surface area (Å²) in [6.45, 7) is 9.88. The normalized spacial score (nSPS) is 18.1. The number of aliphatic imine (C=N–C) groups is 1. The van der Waals surface area contributed by atoms with Gasteiger partial charge in [0.1, 0.15) is 12.0 Å². The molecule has 1 saturated carbocycles. The van der Waals surface area contributed by atoms with Gasteiger partial charge >= 0.3 is 0 Å². The van der Waals surface area contributed by atoms with E-state index in [2.05, 4.69) is 16.9 Å². The third kappa shape index (κ3) is 7.02. The summed E-state index contributed by atoms with van der Waals surface area (Å²) in [7, 11) is 0. The molecule has 1 unspecified atom stereocenters. The van der Waals surface area contributed by atoms with Gasteiger partial charge in [0, 0.05) is 21.7 Å². The highest BCUT2D eigenvalue weighted by molar-refractivity contribution is 6.32. The lowest BCUT2D eigenvalue weighted by molar-refractivity contribution is -0.146. The van der Waals surface area contributed by atoms with Gasteiger partial charge < -0.3 is 10.4 Å². The van der Waals surface area contributed by atoms with E-state index < -0.39 is 17.5 Å². The number of allylic oxidation sites excluding steroid dienone is 4. The number of benzene rings is 1. The first kappa shape index (κ1) is 27.8. The highest BCUT2D eigenvalue weighted by atomic mass is 35.5. The van der Waals surface area contributed by atoms with Crippen molar-refractivity contribution in [1.82, 2.24) is 5.32 Å². The van der Waals surface area contributed by atoms with Gasteiger partial charge in [-0.15, -0.1) is 0 Å². The van der Waals surface area contributed by atoms with Crippen molar-refractivity contribution in [1.29, 1.82) is 0 Å². The minimum Gasteiger partial charge on any atom is -0.495 e. The van der Waals surface area contributed by atoms with Crippen LogP contribution in [-0.2, 0) is 0 Å². The van der Waals surface area contributed by atoms with Crippen molar-refractivity contribution in [2.45, 2.75) is 71.9 Å². The number of rotatable bonds is 11. The van der Waals surface area contributed by atoms with Crippen LogP contribution < -0.4 is 5.32 Å². The van der Waals surface area contributed by atoms with Crippen molar-refractivity contribution in [2.75, 3.05) is 0 Å². The standard InChI is InChI=1S/C27H34ClF3N2O/c1-6-10-22(23(28)11-7-8-14-27(15-9-16-27)26(5,30)31)25(33-20(4)34)32-19(3)21-12-13-24(29)18(2)17-21/h7-8,10-13,17,25,33-34H,4,6,9,14-16H2,1-3,5H3/b8-7+,22-10+,23-11+,32-19+. The summed E-state index contributed by atoms with van der Waals surface area (Å²) in [5, 5.41) is 13.0. The fourth-order valence-electron chi connectivity index (χ4n) is 4.00. The SMILES string of the molecule is C=C(O)NC(/N=C(\C)c1ccc(F)c(C)c1)C(=C/CC)/C(Cl)=C\C=C\CC1(C(C)(F)F)CCC1. The van der Waals surface area contributed by atoms with E-state index in [9.17, 15) is 18.3 Å². The van der Waals surface area contributed by atoms with Crippen LogP contribution in [0, 0.1) is 18.2 Å². The van der Waals surface area contributed by atoms with Crippen molar-refractivity contribution in [2.24, 2.45) is 10.4 Å². The number of nitrogens with zero attached hydrogens (tertiary/aromatic N) is 1. The molecule has 1 atom stereocenters. The van der Waals surface area contributed by atoms with Crippen LogP contribution >= 0.6 is 11.6 Å². The van der Waals surface area contributed by atoms with E-state index in [1.807, 2.05) is 13.0 Å². The van der Waals surface area contributed by atoms with E-state index >= 15 is 0 Å². The molecule has 34 heavy (non-hydrogen) atoms. The molecule has 3 nitrogen and oxygen atoms in total. The van der Waals surface area contributed by atoms with Gasteiger partial charge in [-0.3, -0.25) is 4.99 Å². The highest BCUT2D eigenvalue weighted by Gasteiger charge is 2.52. The molecule has 1 aliphatic rings. The first-order valence-electron chi connectivity index (χ1n) is 11.5. The Morgan fingerprint density at radius 3 is 2.56 bits per heavy atom. The molecule has 0 spiro atoms. The Bertz CT molecular complexity index is 1000. The number of hydrogen-bond acceptors (Lipinski definition) is 3. The van der Waals surface area contributed by atoms with Crippen LogP contribution in [0.5, 0.6) is 0 Å². The summed E-state index contributed by atoms with van der Waals surface area (Å²) < 4.78 is 41.7. The molecular weight excluding hydrogens is 461 g/mol. The minimum absolute atomic E-state index is 0.278. The fourth-order valence-corrected chi connectivity index (χ4v) is 4.26. The molecule has 1 fully saturated rings. The van der Waals surface area contributed by atoms with Gasteiger partial charge in [0.25, 0.3) is 5.92 Å². The maximum atomic E-state index is 14.0. The van der Waals surface area contributed by atoms with Crippen LogP contribution in [0.25, 0.3) is 0 Å². The molecule has 186 valence electrons. The van der Waals surface area contributed by atoms with Crippen LogP contribution in [0.2, 0.25) is 0 Å². The Hall–Kier alpha value is -2.47. The smallest absolute Gasteiger partial charge is 0.251 e. The molecule has 0 bridgehead atoms. The molecule has 2 N–H and O–H groups in total. The largest absolute Gasteiger partial charge is 0.495 e. The van der Waals surface area contributed by atoms with Crippen molar-refractivity contribution in [3.05, 3.63) is 82.5 Å². The molecule has 1 aromatic carbocycles. The van der Waals surface area contributed by atoms with Crippen LogP contribution in [0.15, 0.2) is 70.6 Å². The number of nitrogens with one attached hydrogen (secondary N) is 1. The summed E-state index contributed by atoms with van der Waals surface area (Å²) in [4.78, 5) is 4.67. The second-order valence-corrected chi connectivity index (χ2v) is 9.32. The molecule has 7 heteroatoms. The van der Waals surface area contributed by atoms with Gasteiger partial charge in [0.05, 0.1) is 0 Å². The molecule has 0 saturated heterocycles. The first-order chi connectivity index (χ1) is 15.9. The number of hydrogen-bond donors (Lipinski definition) is 2. The predicted octanol–water partition coefficient (Wildman–Crippen LogP) is 8.12. The Kier molecular flexibility index (Phi) is 9.63. The maximum absolute atomic E-state index is 14.0. The number of halogens is 4. The van der Waals surface area contributed by atoms with Crippen LogP contribution in [0.4, 0.5) is 13.2 Å². The minimum atomic E-state index is -2.72. The van der Waals surface area contributed by atoms with E-state index in [1.165, 1.54) is 6.07 Å². The quantitative estimate of drug-likeness (QED) is 0.185. The van der Waals surface area contributed by atoms with Gasteiger partial charge in [-0.2, -0.15) is 0 Å². The Morgan fingerprint density at radius 2 is 2.06 bits per heavy atom. The monoisotopic (exact) mass is 494 g/mol. The molecule has 0 amide bonds. The van der Waals surface area contributed by atoms with E-state index in [1.54, 1.807) is 44.2 Å². The third-order valence-electron chi connectivity index (χ3n) is 6.33. The molecule has 2 rings (SSSR count). The topological polar surface area (TPSA) is 44.6 Å². The lowest BCUT2D eigenvalue weighted by atomic mass is 9.63. The highest BCUT2D eigenvalue weighted by Crippen LogP contribution is 2.54. The average Bonchev–Trinajstić information content (AvgIpc) is 2.70. The second-order valence-electron chi connectivity index (χ2n) is 8.91. The van der Waals surface area contributed by atoms with Crippen molar-refractivity contribution in [3.8, 4) is 0 Å². The fraction of sp³-hybridized carbons (Fsp3) is 0.444. The summed E-state index contributed by atoms with van der Waals surface area (Å²) in [5.74, 6) is -3.31. The Morgan fingerprint density at radius 1 is 1.38 bits per heavy atom. The average molecular weight is 495 g/mol. The van der Waals surface area contributed by atoms with Crippen molar-refractivity contribution < 1.29 is 18.3 Å². The Labute approximate surface area is 205 Å². The molecule has 0 heterocycles. The van der Waals surface area contributed by atoms with Gasteiger partial charge in [-0.05, 0) is 82.4 Å². The first-order valence-corrected chi connectivity index (χ1v) is 11.8. The summed E-state index contributed by atoms with van der Waals surface area (Å²) in [6.07, 6.45) is 8.95. The summed E-state index contributed by atoms with van der Waals surface area (Å²) in [5.41, 5.74) is 1.47. The van der Waals surface area contributed by atoms with Crippen LogP contribution in [0.3, 0.4) is 0 Å². The molecule has 1 aliphatic carbocycles.